The van der Waals surface area contributed by atoms with Gasteiger partial charge in [-0.1, -0.05) is 276 Å². The topological polar surface area (TPSA) is 95.9 Å². The summed E-state index contributed by atoms with van der Waals surface area (Å²) in [7, 11) is 0. The molecule has 65 heavy (non-hydrogen) atoms. The van der Waals surface area contributed by atoms with Crippen LogP contribution in [0.15, 0.2) is 12.2 Å². The minimum absolute atomic E-state index is 0.00944. The molecule has 0 aromatic carbocycles. The number of hydrogen-bond donors (Lipinski definition) is 3. The second-order valence-electron chi connectivity index (χ2n) is 20.3. The summed E-state index contributed by atoms with van der Waals surface area (Å²) in [6, 6.07) is -0.539. The summed E-state index contributed by atoms with van der Waals surface area (Å²) in [5.41, 5.74) is 0. The van der Waals surface area contributed by atoms with Crippen molar-refractivity contribution in [2.24, 2.45) is 0 Å². The van der Waals surface area contributed by atoms with Crippen molar-refractivity contribution in [2.75, 3.05) is 13.2 Å². The van der Waals surface area contributed by atoms with Crippen molar-refractivity contribution in [2.45, 2.75) is 341 Å². The molecule has 0 spiro atoms. The van der Waals surface area contributed by atoms with E-state index < -0.39 is 12.1 Å². The molecule has 0 heterocycles. The molecule has 0 rings (SSSR count). The molecule has 0 saturated heterocycles. The largest absolute Gasteiger partial charge is 0.466 e. The molecule has 3 N–H and O–H groups in total. The van der Waals surface area contributed by atoms with Crippen molar-refractivity contribution < 1.29 is 24.5 Å². The molecule has 0 bridgehead atoms. The molecule has 0 aliphatic heterocycles. The third kappa shape index (κ3) is 51.8. The number of amides is 1. The highest BCUT2D eigenvalue weighted by atomic mass is 16.5. The number of ether oxygens (including phenoxy) is 1. The van der Waals surface area contributed by atoms with E-state index in [1.165, 1.54) is 250 Å². The van der Waals surface area contributed by atoms with Crippen LogP contribution < -0.4 is 5.32 Å². The Hall–Kier alpha value is -1.40. The Morgan fingerprint density at radius 1 is 0.415 bits per heavy atom. The van der Waals surface area contributed by atoms with Crippen molar-refractivity contribution in [3.63, 3.8) is 0 Å². The van der Waals surface area contributed by atoms with Crippen molar-refractivity contribution in [3.8, 4) is 0 Å². The van der Waals surface area contributed by atoms with Gasteiger partial charge in [0.15, 0.2) is 0 Å². The summed E-state index contributed by atoms with van der Waals surface area (Å²) in [5.74, 6) is -0.0279. The van der Waals surface area contributed by atoms with Gasteiger partial charge in [-0.3, -0.25) is 9.59 Å². The predicted octanol–water partition coefficient (Wildman–Crippen LogP) is 18.1. The SMILES string of the molecule is CCCCCCCCC/C=C\CCCCCCCCCC(=O)OCCCCCCCCCCCCCCCCCCCCCCCC(=O)NC(CO)C(O)CCCCCCCCCCC. The first-order valence-corrected chi connectivity index (χ1v) is 29.4. The number of esters is 1. The van der Waals surface area contributed by atoms with Gasteiger partial charge in [-0.05, 0) is 51.4 Å². The van der Waals surface area contributed by atoms with Crippen LogP contribution in [0.2, 0.25) is 0 Å². The van der Waals surface area contributed by atoms with Crippen LogP contribution >= 0.6 is 0 Å². The van der Waals surface area contributed by atoms with Gasteiger partial charge in [-0.25, -0.2) is 0 Å². The second-order valence-corrected chi connectivity index (χ2v) is 20.3. The van der Waals surface area contributed by atoms with Gasteiger partial charge in [0, 0.05) is 12.8 Å². The molecule has 0 radical (unpaired) electrons. The Balaban J connectivity index is 3.34. The van der Waals surface area contributed by atoms with Gasteiger partial charge in [-0.15, -0.1) is 0 Å². The average molecular weight is 919 g/mol. The van der Waals surface area contributed by atoms with E-state index in [4.69, 9.17) is 4.74 Å². The molecule has 6 nitrogen and oxygen atoms in total. The maximum atomic E-state index is 12.4. The lowest BCUT2D eigenvalue weighted by Crippen LogP contribution is -2.45. The Morgan fingerprint density at radius 2 is 0.723 bits per heavy atom. The van der Waals surface area contributed by atoms with Crippen LogP contribution in [0.3, 0.4) is 0 Å². The van der Waals surface area contributed by atoms with E-state index in [-0.39, 0.29) is 18.5 Å². The Bertz CT molecular complexity index is 970. The second kappa shape index (κ2) is 55.2. The zero-order valence-electron chi connectivity index (χ0n) is 44.0. The van der Waals surface area contributed by atoms with Gasteiger partial charge >= 0.3 is 5.97 Å². The molecule has 0 fully saturated rings. The number of unbranched alkanes of at least 4 members (excludes halogenated alkanes) is 42. The van der Waals surface area contributed by atoms with E-state index in [9.17, 15) is 19.8 Å². The summed E-state index contributed by atoms with van der Waals surface area (Å²) in [4.78, 5) is 24.5. The number of allylic oxidation sites excluding steroid dienone is 2. The quantitative estimate of drug-likeness (QED) is 0.0321. The first kappa shape index (κ1) is 63.6. The minimum atomic E-state index is -0.662. The van der Waals surface area contributed by atoms with Gasteiger partial charge in [-0.2, -0.15) is 0 Å². The predicted molar refractivity (Wildman–Crippen MR) is 283 cm³/mol. The van der Waals surface area contributed by atoms with Gasteiger partial charge in [0.1, 0.15) is 0 Å². The molecule has 0 aromatic rings. The van der Waals surface area contributed by atoms with E-state index in [1.807, 2.05) is 0 Å². The van der Waals surface area contributed by atoms with Crippen molar-refractivity contribution in [3.05, 3.63) is 12.2 Å². The monoisotopic (exact) mass is 918 g/mol. The Labute approximate surface area is 406 Å². The lowest BCUT2D eigenvalue weighted by atomic mass is 10.0. The number of nitrogens with one attached hydrogen (secondary N) is 1. The molecule has 0 aliphatic rings. The molecule has 386 valence electrons. The molecular formula is C59H115NO5. The summed E-state index contributed by atoms with van der Waals surface area (Å²) in [6.07, 6.45) is 65.1. The molecule has 6 heteroatoms. The third-order valence-corrected chi connectivity index (χ3v) is 13.8. The summed E-state index contributed by atoms with van der Waals surface area (Å²) in [5, 5.41) is 23.1. The van der Waals surface area contributed by atoms with Gasteiger partial charge in [0.2, 0.25) is 5.91 Å². The van der Waals surface area contributed by atoms with Crippen LogP contribution in [-0.4, -0.2) is 47.4 Å². The number of rotatable bonds is 55. The van der Waals surface area contributed by atoms with Crippen LogP contribution in [0.1, 0.15) is 328 Å². The van der Waals surface area contributed by atoms with Crippen molar-refractivity contribution in [1.29, 1.82) is 0 Å². The van der Waals surface area contributed by atoms with E-state index in [0.29, 0.717) is 25.9 Å². The third-order valence-electron chi connectivity index (χ3n) is 13.8. The number of aliphatic hydroxyl groups excluding tert-OH is 2. The minimum Gasteiger partial charge on any atom is -0.466 e. The Kier molecular flexibility index (Phi) is 54.0. The van der Waals surface area contributed by atoms with Gasteiger partial charge in [0.25, 0.3) is 0 Å². The number of carbonyl (C=O) groups excluding carboxylic acids is 2. The smallest absolute Gasteiger partial charge is 0.305 e. The highest BCUT2D eigenvalue weighted by Crippen LogP contribution is 2.17. The highest BCUT2D eigenvalue weighted by molar-refractivity contribution is 5.76. The maximum absolute atomic E-state index is 12.4. The zero-order valence-corrected chi connectivity index (χ0v) is 44.0. The maximum Gasteiger partial charge on any atom is 0.305 e. The molecule has 0 saturated carbocycles. The van der Waals surface area contributed by atoms with Crippen LogP contribution in [0.5, 0.6) is 0 Å². The fraction of sp³-hybridized carbons (Fsp3) is 0.932. The standard InChI is InChI=1S/C59H115NO5/c1-3-5-7-9-11-13-14-15-16-17-24-27-30-33-37-41-45-49-53-59(64)65-54-50-46-42-38-34-31-28-25-22-20-18-19-21-23-26-29-32-36-40-44-48-52-58(63)60-56(55-61)57(62)51-47-43-39-35-12-10-8-6-4-2/h16-17,56-57,61-62H,3-15,18-55H2,1-2H3,(H,60,63)/b17-16-. The molecule has 0 aliphatic carbocycles. The van der Waals surface area contributed by atoms with Crippen molar-refractivity contribution in [1.82, 2.24) is 5.32 Å². The van der Waals surface area contributed by atoms with Gasteiger partial charge < -0.3 is 20.3 Å². The lowest BCUT2D eigenvalue weighted by Gasteiger charge is -2.22. The summed E-state index contributed by atoms with van der Waals surface area (Å²) >= 11 is 0. The van der Waals surface area contributed by atoms with E-state index in [2.05, 4.69) is 31.3 Å². The highest BCUT2D eigenvalue weighted by Gasteiger charge is 2.20. The fourth-order valence-electron chi connectivity index (χ4n) is 9.28. The zero-order chi connectivity index (χ0) is 47.2. The van der Waals surface area contributed by atoms with Crippen LogP contribution in [0.25, 0.3) is 0 Å². The summed E-state index contributed by atoms with van der Waals surface area (Å²) < 4.78 is 5.49. The normalized spacial score (nSPS) is 12.6. The first-order chi connectivity index (χ1) is 32.0. The van der Waals surface area contributed by atoms with E-state index in [1.54, 1.807) is 0 Å². The summed E-state index contributed by atoms with van der Waals surface area (Å²) in [6.45, 7) is 4.94. The van der Waals surface area contributed by atoms with Crippen LogP contribution in [-0.2, 0) is 14.3 Å². The van der Waals surface area contributed by atoms with Crippen LogP contribution in [0, 0.1) is 0 Å². The number of hydrogen-bond acceptors (Lipinski definition) is 5. The van der Waals surface area contributed by atoms with E-state index in [0.717, 1.165) is 44.9 Å². The number of aliphatic hydroxyl groups is 2. The molecule has 0 aromatic heterocycles. The fourth-order valence-corrected chi connectivity index (χ4v) is 9.28. The molecule has 2 unspecified atom stereocenters. The average Bonchev–Trinajstić information content (AvgIpc) is 3.31. The van der Waals surface area contributed by atoms with Gasteiger partial charge in [0.05, 0.1) is 25.4 Å². The van der Waals surface area contributed by atoms with Crippen LogP contribution in [0.4, 0.5) is 0 Å². The molecule has 2 atom stereocenters. The van der Waals surface area contributed by atoms with E-state index >= 15 is 0 Å². The first-order valence-electron chi connectivity index (χ1n) is 29.4. The number of carbonyl (C=O) groups is 2. The Morgan fingerprint density at radius 3 is 1.09 bits per heavy atom. The lowest BCUT2D eigenvalue weighted by molar-refractivity contribution is -0.143. The molecule has 1 amide bonds. The molecular weight excluding hydrogens is 803 g/mol. The van der Waals surface area contributed by atoms with Crippen molar-refractivity contribution >= 4 is 11.9 Å².